The Morgan fingerprint density at radius 2 is 1.31 bits per heavy atom. The first-order valence-corrected chi connectivity index (χ1v) is 6.31. The second-order valence-electron chi connectivity index (χ2n) is 3.55. The molecule has 0 aromatic heterocycles. The summed E-state index contributed by atoms with van der Waals surface area (Å²) in [6, 6.07) is 0. The van der Waals surface area contributed by atoms with Gasteiger partial charge in [-0.15, -0.1) is 0 Å². The molecule has 0 aliphatic rings. The van der Waals surface area contributed by atoms with E-state index in [1.54, 1.807) is 4.90 Å². The molecule has 0 aliphatic carbocycles. The third-order valence-corrected chi connectivity index (χ3v) is 3.23. The van der Waals surface area contributed by atoms with E-state index < -0.39 is 0 Å². The summed E-state index contributed by atoms with van der Waals surface area (Å²) in [5.41, 5.74) is 0.864. The van der Waals surface area contributed by atoms with E-state index in [4.69, 9.17) is 11.6 Å². The molecule has 1 amide bonds. The van der Waals surface area contributed by atoms with Crippen LogP contribution in [0.15, 0.2) is 10.7 Å². The van der Waals surface area contributed by atoms with Gasteiger partial charge < -0.3 is 9.80 Å². The smallest absolute Gasteiger partial charge is 0.267 e. The third kappa shape index (κ3) is 3.71. The number of amides is 1. The van der Waals surface area contributed by atoms with Crippen LogP contribution in [0.5, 0.6) is 0 Å². The van der Waals surface area contributed by atoms with Crippen LogP contribution in [0, 0.1) is 0 Å². The molecule has 16 heavy (non-hydrogen) atoms. The third-order valence-electron chi connectivity index (χ3n) is 2.79. The molecule has 0 aromatic carbocycles. The molecule has 0 saturated carbocycles. The van der Waals surface area contributed by atoms with Crippen LogP contribution in [0.2, 0.25) is 0 Å². The van der Waals surface area contributed by atoms with Crippen molar-refractivity contribution >= 4 is 17.5 Å². The fourth-order valence-electron chi connectivity index (χ4n) is 1.64. The molecular weight excluding hydrogens is 224 g/mol. The van der Waals surface area contributed by atoms with Crippen molar-refractivity contribution < 1.29 is 4.79 Å². The Morgan fingerprint density at radius 1 is 0.938 bits per heavy atom. The molecule has 0 radical (unpaired) electrons. The van der Waals surface area contributed by atoms with E-state index in [2.05, 4.69) is 18.7 Å². The average Bonchev–Trinajstić information content (AvgIpc) is 2.30. The molecule has 0 saturated heterocycles. The highest BCUT2D eigenvalue weighted by atomic mass is 35.5. The minimum Gasteiger partial charge on any atom is -0.374 e. The highest BCUT2D eigenvalue weighted by Gasteiger charge is 2.17. The Balaban J connectivity index is 4.92. The number of hydrogen-bond donors (Lipinski definition) is 0. The molecule has 0 aliphatic heterocycles. The standard InChI is InChI=1S/C12H23ClN2O/c1-6-14(7-2)10(5)11(13)12(16)15(8-3)9-4/h6-9H2,1-5H3. The van der Waals surface area contributed by atoms with Crippen LogP contribution in [0.1, 0.15) is 34.6 Å². The van der Waals surface area contributed by atoms with Crippen molar-refractivity contribution in [3.63, 3.8) is 0 Å². The second kappa shape index (κ2) is 7.55. The van der Waals surface area contributed by atoms with Crippen molar-refractivity contribution in [2.45, 2.75) is 34.6 Å². The van der Waals surface area contributed by atoms with E-state index in [1.807, 2.05) is 20.8 Å². The van der Waals surface area contributed by atoms with Crippen LogP contribution in [0.25, 0.3) is 0 Å². The molecule has 0 bridgehead atoms. The van der Waals surface area contributed by atoms with Gasteiger partial charge in [0.25, 0.3) is 5.91 Å². The zero-order valence-electron chi connectivity index (χ0n) is 11.0. The lowest BCUT2D eigenvalue weighted by Gasteiger charge is -2.25. The summed E-state index contributed by atoms with van der Waals surface area (Å²) in [4.78, 5) is 15.8. The summed E-state index contributed by atoms with van der Waals surface area (Å²) in [5.74, 6) is -0.0731. The lowest BCUT2D eigenvalue weighted by Crippen LogP contribution is -2.32. The van der Waals surface area contributed by atoms with Crippen LogP contribution in [0.4, 0.5) is 0 Å². The summed E-state index contributed by atoms with van der Waals surface area (Å²) >= 11 is 6.13. The quantitative estimate of drug-likeness (QED) is 0.673. The minimum absolute atomic E-state index is 0.0731. The molecule has 4 heteroatoms. The van der Waals surface area contributed by atoms with E-state index in [9.17, 15) is 4.79 Å². The van der Waals surface area contributed by atoms with E-state index >= 15 is 0 Å². The molecule has 0 atom stereocenters. The Bertz CT molecular complexity index is 256. The Morgan fingerprint density at radius 3 is 1.62 bits per heavy atom. The number of carbonyl (C=O) groups excluding carboxylic acids is 1. The van der Waals surface area contributed by atoms with Crippen LogP contribution in [-0.2, 0) is 4.79 Å². The predicted molar refractivity (Wildman–Crippen MR) is 69.4 cm³/mol. The van der Waals surface area contributed by atoms with Crippen LogP contribution < -0.4 is 0 Å². The van der Waals surface area contributed by atoms with Gasteiger partial charge in [-0.3, -0.25) is 4.79 Å². The van der Waals surface area contributed by atoms with Crippen LogP contribution in [0.3, 0.4) is 0 Å². The summed E-state index contributed by atoms with van der Waals surface area (Å²) in [7, 11) is 0. The largest absolute Gasteiger partial charge is 0.374 e. The number of allylic oxidation sites excluding steroid dienone is 1. The van der Waals surface area contributed by atoms with Gasteiger partial charge >= 0.3 is 0 Å². The van der Waals surface area contributed by atoms with E-state index in [0.717, 1.165) is 18.8 Å². The van der Waals surface area contributed by atoms with Gasteiger partial charge in [0.05, 0.1) is 0 Å². The number of hydrogen-bond acceptors (Lipinski definition) is 2. The molecule has 0 unspecified atom stereocenters. The van der Waals surface area contributed by atoms with Crippen molar-refractivity contribution in [1.29, 1.82) is 0 Å². The van der Waals surface area contributed by atoms with Crippen molar-refractivity contribution in [3.05, 3.63) is 10.7 Å². The number of halogens is 1. The number of likely N-dealkylation sites (N-methyl/N-ethyl adjacent to an activating group) is 1. The number of carbonyl (C=O) groups is 1. The topological polar surface area (TPSA) is 23.6 Å². The molecule has 3 nitrogen and oxygen atoms in total. The highest BCUT2D eigenvalue weighted by Crippen LogP contribution is 2.16. The van der Waals surface area contributed by atoms with Gasteiger partial charge in [0, 0.05) is 31.9 Å². The summed E-state index contributed by atoms with van der Waals surface area (Å²) in [5, 5.41) is 0.340. The van der Waals surface area contributed by atoms with E-state index in [0.29, 0.717) is 18.1 Å². The molecule has 94 valence electrons. The molecular formula is C12H23ClN2O. The maximum atomic E-state index is 12.0. The van der Waals surface area contributed by atoms with Gasteiger partial charge in [-0.1, -0.05) is 11.6 Å². The first kappa shape index (κ1) is 15.3. The zero-order valence-corrected chi connectivity index (χ0v) is 11.8. The Labute approximate surface area is 104 Å². The van der Waals surface area contributed by atoms with Gasteiger partial charge in [0.2, 0.25) is 0 Å². The number of rotatable bonds is 6. The maximum absolute atomic E-state index is 12.0. The molecule has 0 heterocycles. The van der Waals surface area contributed by atoms with Crippen molar-refractivity contribution in [3.8, 4) is 0 Å². The zero-order chi connectivity index (χ0) is 12.7. The summed E-state index contributed by atoms with van der Waals surface area (Å²) in [6.07, 6.45) is 0. The second-order valence-corrected chi connectivity index (χ2v) is 3.93. The fourth-order valence-corrected chi connectivity index (χ4v) is 1.88. The lowest BCUT2D eigenvalue weighted by molar-refractivity contribution is -0.126. The van der Waals surface area contributed by atoms with Crippen LogP contribution >= 0.6 is 11.6 Å². The maximum Gasteiger partial charge on any atom is 0.267 e. The first-order valence-electron chi connectivity index (χ1n) is 5.93. The Kier molecular flexibility index (Phi) is 7.22. The van der Waals surface area contributed by atoms with Crippen molar-refractivity contribution in [2.24, 2.45) is 0 Å². The summed E-state index contributed by atoms with van der Waals surface area (Å²) < 4.78 is 0. The molecule has 0 N–H and O–H groups in total. The van der Waals surface area contributed by atoms with Crippen LogP contribution in [-0.4, -0.2) is 41.9 Å². The van der Waals surface area contributed by atoms with Crippen molar-refractivity contribution in [1.82, 2.24) is 9.80 Å². The van der Waals surface area contributed by atoms with E-state index in [1.165, 1.54) is 0 Å². The molecule has 0 aromatic rings. The molecule has 0 spiro atoms. The van der Waals surface area contributed by atoms with Gasteiger partial charge in [-0.05, 0) is 34.6 Å². The normalized spacial score (nSPS) is 12.1. The van der Waals surface area contributed by atoms with Gasteiger partial charge in [-0.2, -0.15) is 0 Å². The monoisotopic (exact) mass is 246 g/mol. The van der Waals surface area contributed by atoms with Gasteiger partial charge in [-0.25, -0.2) is 0 Å². The fraction of sp³-hybridized carbons (Fsp3) is 0.750. The highest BCUT2D eigenvalue weighted by molar-refractivity contribution is 6.42. The lowest BCUT2D eigenvalue weighted by atomic mass is 10.3. The van der Waals surface area contributed by atoms with Gasteiger partial charge in [0.1, 0.15) is 5.03 Å². The minimum atomic E-state index is -0.0731. The summed E-state index contributed by atoms with van der Waals surface area (Å²) in [6.45, 7) is 13.0. The van der Waals surface area contributed by atoms with E-state index in [-0.39, 0.29) is 5.91 Å². The predicted octanol–water partition coefficient (Wildman–Crippen LogP) is 2.67. The SMILES string of the molecule is CCN(CC)C(=O)C(Cl)=C(C)N(CC)CC. The van der Waals surface area contributed by atoms with Crippen molar-refractivity contribution in [2.75, 3.05) is 26.2 Å². The molecule has 0 rings (SSSR count). The van der Waals surface area contributed by atoms with Gasteiger partial charge in [0.15, 0.2) is 0 Å². The first-order chi connectivity index (χ1) is 7.53. The average molecular weight is 247 g/mol. The Hall–Kier alpha value is -0.700. The molecule has 0 fully saturated rings. The number of nitrogens with zero attached hydrogens (tertiary/aromatic N) is 2.